The van der Waals surface area contributed by atoms with Crippen LogP contribution in [0, 0.1) is 0 Å². The minimum Gasteiger partial charge on any atom is -0.489 e. The number of aromatic nitrogens is 2. The molecule has 0 spiro atoms. The lowest BCUT2D eigenvalue weighted by atomic mass is 10.5. The van der Waals surface area contributed by atoms with Crippen molar-refractivity contribution in [2.75, 3.05) is 46.8 Å². The largest absolute Gasteiger partial charge is 0.489 e. The van der Waals surface area contributed by atoms with Crippen LogP contribution in [0.5, 0.6) is 5.75 Å². The number of H-pyrrole nitrogens is 1. The van der Waals surface area contributed by atoms with Crippen LogP contribution in [0.2, 0.25) is 0 Å². The molecule has 0 radical (unpaired) electrons. The van der Waals surface area contributed by atoms with Crippen LogP contribution in [0.4, 0.5) is 0 Å². The lowest BCUT2D eigenvalue weighted by Crippen LogP contribution is -2.13. The first-order valence-corrected chi connectivity index (χ1v) is 5.65. The van der Waals surface area contributed by atoms with Gasteiger partial charge in [-0.1, -0.05) is 0 Å². The van der Waals surface area contributed by atoms with Gasteiger partial charge in [-0.05, 0) is 0 Å². The van der Waals surface area contributed by atoms with E-state index in [2.05, 4.69) is 10.2 Å². The number of nitrogens with one attached hydrogen (secondary N) is 1. The first-order chi connectivity index (χ1) is 8.83. The number of ether oxygens (including phenoxy) is 4. The van der Waals surface area contributed by atoms with Gasteiger partial charge in [0.2, 0.25) is 0 Å². The highest BCUT2D eigenvalue weighted by Crippen LogP contribution is 2.01. The molecule has 1 N–H and O–H groups in total. The van der Waals surface area contributed by atoms with Crippen molar-refractivity contribution < 1.29 is 18.9 Å². The Morgan fingerprint density at radius 1 is 1.11 bits per heavy atom. The molecule has 0 aliphatic rings. The summed E-state index contributed by atoms with van der Waals surface area (Å²) in [5, 5.41) is 5.87. The summed E-state index contributed by atoms with van der Waals surface area (Å²) in [5.41, 5.74) is -0.292. The summed E-state index contributed by atoms with van der Waals surface area (Å²) in [6, 6.07) is 1.33. The van der Waals surface area contributed by atoms with Crippen molar-refractivity contribution >= 4 is 0 Å². The lowest BCUT2D eigenvalue weighted by molar-refractivity contribution is 0.0179. The van der Waals surface area contributed by atoms with Crippen molar-refractivity contribution in [3.05, 3.63) is 22.6 Å². The van der Waals surface area contributed by atoms with Gasteiger partial charge in [-0.3, -0.25) is 4.79 Å². The van der Waals surface area contributed by atoms with Gasteiger partial charge < -0.3 is 18.9 Å². The van der Waals surface area contributed by atoms with E-state index in [1.54, 1.807) is 7.11 Å². The highest BCUT2D eigenvalue weighted by molar-refractivity contribution is 5.12. The highest BCUT2D eigenvalue weighted by Gasteiger charge is 1.95. The van der Waals surface area contributed by atoms with Gasteiger partial charge in [0, 0.05) is 13.2 Å². The van der Waals surface area contributed by atoms with E-state index < -0.39 is 0 Å². The molecule has 1 aromatic rings. The molecule has 0 fully saturated rings. The molecular weight excluding hydrogens is 240 g/mol. The number of rotatable bonds is 10. The molecule has 0 aromatic carbocycles. The lowest BCUT2D eigenvalue weighted by Gasteiger charge is -2.06. The van der Waals surface area contributed by atoms with Gasteiger partial charge in [-0.15, -0.1) is 0 Å². The summed E-state index contributed by atoms with van der Waals surface area (Å²) in [5.74, 6) is 0.429. The Kier molecular flexibility index (Phi) is 7.78. The summed E-state index contributed by atoms with van der Waals surface area (Å²) in [6.45, 7) is 2.97. The van der Waals surface area contributed by atoms with Crippen LogP contribution in [0.1, 0.15) is 0 Å². The molecule has 1 aromatic heterocycles. The predicted octanol–water partition coefficient (Wildman–Crippen LogP) is -0.172. The zero-order valence-electron chi connectivity index (χ0n) is 10.4. The molecular formula is C11H18N2O5. The fourth-order valence-corrected chi connectivity index (χ4v) is 1.12. The quantitative estimate of drug-likeness (QED) is 0.587. The van der Waals surface area contributed by atoms with Crippen LogP contribution >= 0.6 is 0 Å². The number of aromatic amines is 1. The molecule has 1 heterocycles. The van der Waals surface area contributed by atoms with Gasteiger partial charge in [0.25, 0.3) is 5.56 Å². The van der Waals surface area contributed by atoms with Crippen molar-refractivity contribution in [1.82, 2.24) is 10.2 Å². The third kappa shape index (κ3) is 7.00. The number of hydrogen-bond donors (Lipinski definition) is 1. The Morgan fingerprint density at radius 2 is 1.78 bits per heavy atom. The highest BCUT2D eigenvalue weighted by atomic mass is 16.6. The van der Waals surface area contributed by atoms with Crippen LogP contribution in [-0.4, -0.2) is 56.9 Å². The maximum Gasteiger partial charge on any atom is 0.267 e. The van der Waals surface area contributed by atoms with E-state index >= 15 is 0 Å². The molecule has 0 unspecified atom stereocenters. The van der Waals surface area contributed by atoms with Crippen LogP contribution in [-0.2, 0) is 14.2 Å². The minimum atomic E-state index is -0.292. The molecule has 0 saturated carbocycles. The first kappa shape index (κ1) is 14.6. The van der Waals surface area contributed by atoms with Gasteiger partial charge in [0.05, 0.1) is 39.2 Å². The number of nitrogens with zero attached hydrogens (tertiary/aromatic N) is 1. The molecule has 7 nitrogen and oxygen atoms in total. The van der Waals surface area contributed by atoms with Gasteiger partial charge in [0.1, 0.15) is 12.4 Å². The first-order valence-electron chi connectivity index (χ1n) is 5.65. The second kappa shape index (κ2) is 9.58. The molecule has 1 rings (SSSR count). The Bertz CT molecular complexity index is 368. The smallest absolute Gasteiger partial charge is 0.267 e. The summed E-state index contributed by atoms with van der Waals surface area (Å²) in [7, 11) is 1.63. The van der Waals surface area contributed by atoms with E-state index in [0.717, 1.165) is 0 Å². The van der Waals surface area contributed by atoms with Crippen molar-refractivity contribution in [1.29, 1.82) is 0 Å². The number of methoxy groups -OCH3 is 1. The standard InChI is InChI=1S/C11H18N2O5/c1-15-2-3-16-4-5-17-6-7-18-10-8-11(14)13-12-9-10/h8-9H,2-7H2,1H3,(H,13,14). The van der Waals surface area contributed by atoms with Gasteiger partial charge in [-0.2, -0.15) is 5.10 Å². The normalized spacial score (nSPS) is 10.5. The van der Waals surface area contributed by atoms with Gasteiger partial charge in [-0.25, -0.2) is 5.10 Å². The zero-order chi connectivity index (χ0) is 13.1. The van der Waals surface area contributed by atoms with E-state index in [1.807, 2.05) is 0 Å². The monoisotopic (exact) mass is 258 g/mol. The summed E-state index contributed by atoms with van der Waals surface area (Å²) in [6.07, 6.45) is 1.44. The van der Waals surface area contributed by atoms with E-state index in [-0.39, 0.29) is 5.56 Å². The van der Waals surface area contributed by atoms with Crippen LogP contribution in [0.25, 0.3) is 0 Å². The topological polar surface area (TPSA) is 82.7 Å². The number of hydrogen-bond acceptors (Lipinski definition) is 6. The van der Waals surface area contributed by atoms with E-state index in [0.29, 0.717) is 45.4 Å². The summed E-state index contributed by atoms with van der Waals surface area (Å²) < 4.78 is 20.6. The SMILES string of the molecule is COCCOCCOCCOc1cn[nH]c(=O)c1. The van der Waals surface area contributed by atoms with Crippen molar-refractivity contribution in [2.45, 2.75) is 0 Å². The Morgan fingerprint density at radius 3 is 2.44 bits per heavy atom. The van der Waals surface area contributed by atoms with Crippen LogP contribution in [0.3, 0.4) is 0 Å². The molecule has 18 heavy (non-hydrogen) atoms. The Hall–Kier alpha value is -1.44. The van der Waals surface area contributed by atoms with Crippen LogP contribution in [0.15, 0.2) is 17.1 Å². The Balaban J connectivity index is 1.94. The van der Waals surface area contributed by atoms with Crippen LogP contribution < -0.4 is 10.3 Å². The molecule has 0 bridgehead atoms. The zero-order valence-corrected chi connectivity index (χ0v) is 10.4. The van der Waals surface area contributed by atoms with E-state index in [4.69, 9.17) is 18.9 Å². The van der Waals surface area contributed by atoms with E-state index in [9.17, 15) is 4.79 Å². The van der Waals surface area contributed by atoms with Gasteiger partial charge in [0.15, 0.2) is 0 Å². The second-order valence-electron chi connectivity index (χ2n) is 3.35. The fraction of sp³-hybridized carbons (Fsp3) is 0.636. The third-order valence-electron chi connectivity index (χ3n) is 1.94. The van der Waals surface area contributed by atoms with E-state index in [1.165, 1.54) is 12.3 Å². The van der Waals surface area contributed by atoms with Crippen molar-refractivity contribution in [3.63, 3.8) is 0 Å². The summed E-state index contributed by atoms with van der Waals surface area (Å²) in [4.78, 5) is 10.9. The van der Waals surface area contributed by atoms with Gasteiger partial charge >= 0.3 is 0 Å². The summed E-state index contributed by atoms with van der Waals surface area (Å²) >= 11 is 0. The maximum atomic E-state index is 10.9. The molecule has 0 amide bonds. The maximum absolute atomic E-state index is 10.9. The Labute approximate surface area is 105 Å². The molecule has 102 valence electrons. The molecule has 0 aliphatic heterocycles. The fourth-order valence-electron chi connectivity index (χ4n) is 1.12. The van der Waals surface area contributed by atoms with Crippen molar-refractivity contribution in [3.8, 4) is 5.75 Å². The average molecular weight is 258 g/mol. The second-order valence-corrected chi connectivity index (χ2v) is 3.35. The molecule has 7 heteroatoms. The molecule has 0 atom stereocenters. The van der Waals surface area contributed by atoms with Crippen molar-refractivity contribution in [2.24, 2.45) is 0 Å². The third-order valence-corrected chi connectivity index (χ3v) is 1.94. The molecule has 0 aliphatic carbocycles. The minimum absolute atomic E-state index is 0.292. The predicted molar refractivity (Wildman–Crippen MR) is 63.9 cm³/mol. The average Bonchev–Trinajstić information content (AvgIpc) is 2.37. The molecule has 0 saturated heterocycles.